The van der Waals surface area contributed by atoms with Gasteiger partial charge < -0.3 is 5.73 Å². The summed E-state index contributed by atoms with van der Waals surface area (Å²) < 4.78 is 41.2. The standard InChI is InChI=1S/C15H15F3N4O/c16-15(17,18)10-6-3-7-20-13(10)12-8-11(14(19)23)21-22(12)9-4-1-2-5-9/h3,6-9H,1-2,4-5H2,(H2,19,23). The van der Waals surface area contributed by atoms with Crippen molar-refractivity contribution < 1.29 is 18.0 Å². The molecule has 0 aromatic carbocycles. The van der Waals surface area contributed by atoms with Crippen LogP contribution in [0.5, 0.6) is 0 Å². The number of halogens is 3. The highest BCUT2D eigenvalue weighted by molar-refractivity contribution is 5.92. The van der Waals surface area contributed by atoms with Crippen LogP contribution in [0.25, 0.3) is 11.4 Å². The number of carbonyl (C=O) groups excluding carboxylic acids is 1. The largest absolute Gasteiger partial charge is 0.418 e. The maximum Gasteiger partial charge on any atom is 0.418 e. The molecule has 1 amide bonds. The fourth-order valence-electron chi connectivity index (χ4n) is 2.96. The zero-order chi connectivity index (χ0) is 16.6. The zero-order valence-corrected chi connectivity index (χ0v) is 12.2. The molecule has 2 aromatic heterocycles. The second-order valence-electron chi connectivity index (χ2n) is 5.56. The lowest BCUT2D eigenvalue weighted by atomic mass is 10.1. The van der Waals surface area contributed by atoms with Crippen LogP contribution >= 0.6 is 0 Å². The first-order valence-electron chi connectivity index (χ1n) is 7.30. The number of hydrogen-bond acceptors (Lipinski definition) is 3. The summed E-state index contributed by atoms with van der Waals surface area (Å²) >= 11 is 0. The van der Waals surface area contributed by atoms with Gasteiger partial charge in [-0.2, -0.15) is 18.3 Å². The number of rotatable bonds is 3. The molecular weight excluding hydrogens is 309 g/mol. The van der Waals surface area contributed by atoms with Crippen LogP contribution in [0.1, 0.15) is 47.8 Å². The monoisotopic (exact) mass is 324 g/mol. The lowest BCUT2D eigenvalue weighted by Crippen LogP contribution is -2.15. The maximum absolute atomic E-state index is 13.2. The van der Waals surface area contributed by atoms with Crippen LogP contribution < -0.4 is 5.73 Å². The molecular formula is C15H15F3N4O. The Morgan fingerprint density at radius 1 is 1.30 bits per heavy atom. The molecule has 0 bridgehead atoms. The van der Waals surface area contributed by atoms with Crippen molar-refractivity contribution in [3.63, 3.8) is 0 Å². The Bertz CT molecular complexity index is 733. The number of alkyl halides is 3. The third-order valence-corrected chi connectivity index (χ3v) is 4.01. The molecule has 23 heavy (non-hydrogen) atoms. The normalized spacial score (nSPS) is 16.0. The van der Waals surface area contributed by atoms with Crippen LogP contribution in [0.4, 0.5) is 13.2 Å². The van der Waals surface area contributed by atoms with Gasteiger partial charge in [0.15, 0.2) is 5.69 Å². The van der Waals surface area contributed by atoms with E-state index in [1.54, 1.807) is 0 Å². The average molecular weight is 324 g/mol. The quantitative estimate of drug-likeness (QED) is 0.942. The number of amides is 1. The molecule has 0 radical (unpaired) electrons. The topological polar surface area (TPSA) is 73.8 Å². The molecule has 8 heteroatoms. The van der Waals surface area contributed by atoms with Gasteiger partial charge in [-0.15, -0.1) is 0 Å². The van der Waals surface area contributed by atoms with E-state index >= 15 is 0 Å². The van der Waals surface area contributed by atoms with E-state index < -0.39 is 17.6 Å². The number of nitrogens with zero attached hydrogens (tertiary/aromatic N) is 3. The highest BCUT2D eigenvalue weighted by atomic mass is 19.4. The van der Waals surface area contributed by atoms with Gasteiger partial charge in [0.25, 0.3) is 5.91 Å². The van der Waals surface area contributed by atoms with Crippen molar-refractivity contribution in [1.29, 1.82) is 0 Å². The predicted octanol–water partition coefficient (Wildman–Crippen LogP) is 3.18. The minimum absolute atomic E-state index is 0.0406. The van der Waals surface area contributed by atoms with E-state index in [1.807, 2.05) is 0 Å². The summed E-state index contributed by atoms with van der Waals surface area (Å²) in [5.74, 6) is -0.771. The Morgan fingerprint density at radius 3 is 2.61 bits per heavy atom. The Kier molecular flexibility index (Phi) is 3.83. The summed E-state index contributed by atoms with van der Waals surface area (Å²) in [5, 5.41) is 4.13. The molecule has 1 fully saturated rings. The number of pyridine rings is 1. The van der Waals surface area contributed by atoms with Crippen LogP contribution in [-0.4, -0.2) is 20.7 Å². The highest BCUT2D eigenvalue weighted by Crippen LogP contribution is 2.38. The van der Waals surface area contributed by atoms with Crippen molar-refractivity contribution >= 4 is 5.91 Å². The molecule has 0 aliphatic heterocycles. The van der Waals surface area contributed by atoms with Crippen LogP contribution in [-0.2, 0) is 6.18 Å². The van der Waals surface area contributed by atoms with E-state index in [0.717, 1.165) is 31.7 Å². The van der Waals surface area contributed by atoms with Crippen molar-refractivity contribution in [2.45, 2.75) is 37.9 Å². The molecule has 1 aliphatic rings. The Morgan fingerprint density at radius 2 is 2.00 bits per heavy atom. The third-order valence-electron chi connectivity index (χ3n) is 4.01. The number of primary amides is 1. The summed E-state index contributed by atoms with van der Waals surface area (Å²) in [6.07, 6.45) is 0.318. The zero-order valence-electron chi connectivity index (χ0n) is 12.2. The molecule has 0 spiro atoms. The molecule has 2 N–H and O–H groups in total. The van der Waals surface area contributed by atoms with Gasteiger partial charge >= 0.3 is 6.18 Å². The number of carbonyl (C=O) groups is 1. The van der Waals surface area contributed by atoms with Gasteiger partial charge in [0.2, 0.25) is 0 Å². The van der Waals surface area contributed by atoms with Gasteiger partial charge in [0, 0.05) is 6.20 Å². The minimum atomic E-state index is -4.54. The Balaban J connectivity index is 2.18. The second-order valence-corrected chi connectivity index (χ2v) is 5.56. The Hall–Kier alpha value is -2.38. The average Bonchev–Trinajstić information content (AvgIpc) is 3.15. The van der Waals surface area contributed by atoms with Gasteiger partial charge in [-0.1, -0.05) is 12.8 Å². The van der Waals surface area contributed by atoms with E-state index in [-0.39, 0.29) is 23.1 Å². The summed E-state index contributed by atoms with van der Waals surface area (Å²) in [5.41, 5.74) is 4.29. The fraction of sp³-hybridized carbons (Fsp3) is 0.400. The van der Waals surface area contributed by atoms with Gasteiger partial charge in [0.1, 0.15) is 5.69 Å². The van der Waals surface area contributed by atoms with Crippen LogP contribution in [0.3, 0.4) is 0 Å². The van der Waals surface area contributed by atoms with Gasteiger partial charge in [0.05, 0.1) is 17.3 Å². The van der Waals surface area contributed by atoms with E-state index in [9.17, 15) is 18.0 Å². The molecule has 5 nitrogen and oxygen atoms in total. The van der Waals surface area contributed by atoms with Gasteiger partial charge in [-0.25, -0.2) is 0 Å². The number of nitrogens with two attached hydrogens (primary N) is 1. The highest BCUT2D eigenvalue weighted by Gasteiger charge is 2.36. The lowest BCUT2D eigenvalue weighted by Gasteiger charge is -2.16. The molecule has 0 atom stereocenters. The van der Waals surface area contributed by atoms with Crippen LogP contribution in [0, 0.1) is 0 Å². The number of aromatic nitrogens is 3. The molecule has 2 aromatic rings. The smallest absolute Gasteiger partial charge is 0.364 e. The SMILES string of the molecule is NC(=O)c1cc(-c2ncccc2C(F)(F)F)n(C2CCCC2)n1. The van der Waals surface area contributed by atoms with Crippen molar-refractivity contribution in [3.8, 4) is 11.4 Å². The molecule has 3 rings (SSSR count). The van der Waals surface area contributed by atoms with Crippen LogP contribution in [0.15, 0.2) is 24.4 Å². The van der Waals surface area contributed by atoms with Crippen molar-refractivity contribution in [2.24, 2.45) is 5.73 Å². The van der Waals surface area contributed by atoms with E-state index in [2.05, 4.69) is 10.1 Å². The first kappa shape index (κ1) is 15.5. The lowest BCUT2D eigenvalue weighted by molar-refractivity contribution is -0.137. The van der Waals surface area contributed by atoms with Crippen LogP contribution in [0.2, 0.25) is 0 Å². The summed E-state index contributed by atoms with van der Waals surface area (Å²) in [7, 11) is 0. The second kappa shape index (κ2) is 5.68. The predicted molar refractivity (Wildman–Crippen MR) is 76.5 cm³/mol. The minimum Gasteiger partial charge on any atom is -0.364 e. The molecule has 1 saturated carbocycles. The maximum atomic E-state index is 13.2. The van der Waals surface area contributed by atoms with Gasteiger partial charge in [-0.05, 0) is 31.0 Å². The van der Waals surface area contributed by atoms with Crippen molar-refractivity contribution in [3.05, 3.63) is 35.7 Å². The Labute approximate surface area is 130 Å². The molecule has 122 valence electrons. The van der Waals surface area contributed by atoms with E-state index in [1.165, 1.54) is 23.0 Å². The molecule has 0 unspecified atom stereocenters. The van der Waals surface area contributed by atoms with Crippen molar-refractivity contribution in [1.82, 2.24) is 14.8 Å². The molecule has 1 aliphatic carbocycles. The van der Waals surface area contributed by atoms with E-state index in [0.29, 0.717) is 0 Å². The summed E-state index contributed by atoms with van der Waals surface area (Å²) in [6, 6.07) is 3.45. The first-order valence-corrected chi connectivity index (χ1v) is 7.30. The third kappa shape index (κ3) is 2.93. The summed E-state index contributed by atoms with van der Waals surface area (Å²) in [4.78, 5) is 15.3. The van der Waals surface area contributed by atoms with Crippen molar-refractivity contribution in [2.75, 3.05) is 0 Å². The van der Waals surface area contributed by atoms with E-state index in [4.69, 9.17) is 5.73 Å². The number of hydrogen-bond donors (Lipinski definition) is 1. The van der Waals surface area contributed by atoms with Gasteiger partial charge in [-0.3, -0.25) is 14.5 Å². The summed E-state index contributed by atoms with van der Waals surface area (Å²) in [6.45, 7) is 0. The molecule has 2 heterocycles. The fourth-order valence-corrected chi connectivity index (χ4v) is 2.96. The molecule has 0 saturated heterocycles. The first-order chi connectivity index (χ1) is 10.9.